The van der Waals surface area contributed by atoms with Crippen LogP contribution in [0.15, 0.2) is 41.8 Å². The number of unbranched alkanes of at least 4 members (excludes halogenated alkanes) is 4. The van der Waals surface area contributed by atoms with Crippen molar-refractivity contribution in [1.29, 1.82) is 0 Å². The van der Waals surface area contributed by atoms with E-state index in [1.54, 1.807) is 16.2 Å². The number of hydroxylamine groups is 2. The first-order valence-electron chi connectivity index (χ1n) is 21.8. The van der Waals surface area contributed by atoms with Crippen molar-refractivity contribution in [3.63, 3.8) is 0 Å². The van der Waals surface area contributed by atoms with Crippen LogP contribution in [0.4, 0.5) is 5.69 Å². The molecule has 0 atom stereocenters. The quantitative estimate of drug-likeness (QED) is 0.0548. The van der Waals surface area contributed by atoms with Gasteiger partial charge in [0.25, 0.3) is 11.8 Å². The van der Waals surface area contributed by atoms with Gasteiger partial charge in [0.15, 0.2) is 5.78 Å². The van der Waals surface area contributed by atoms with E-state index in [9.17, 15) is 33.6 Å². The third-order valence-electron chi connectivity index (χ3n) is 11.2. The number of ether oxygens (including phenoxy) is 2. The Morgan fingerprint density at radius 3 is 2.28 bits per heavy atom. The second-order valence-electron chi connectivity index (χ2n) is 15.8. The monoisotopic (exact) mass is 863 g/mol. The van der Waals surface area contributed by atoms with Crippen LogP contribution in [0.1, 0.15) is 113 Å². The number of likely N-dealkylation sites (N-methyl/N-ethyl adjacent to an activating group) is 1. The lowest BCUT2D eigenvalue weighted by Gasteiger charge is -2.27. The molecule has 1 aliphatic carbocycles. The first-order valence-corrected chi connectivity index (χ1v) is 22.7. The molecular weight excluding hydrogens is 803 g/mol. The van der Waals surface area contributed by atoms with Crippen molar-refractivity contribution in [1.82, 2.24) is 20.3 Å². The highest BCUT2D eigenvalue weighted by molar-refractivity contribution is 7.17. The number of Topliss-reactive ketones (excluding diaryl/α,β-unsaturated/α-hetero) is 1. The summed E-state index contributed by atoms with van der Waals surface area (Å²) < 4.78 is 13.6. The van der Waals surface area contributed by atoms with Crippen molar-refractivity contribution >= 4 is 68.5 Å². The number of carbonyl (C=O) groups is 7. The average Bonchev–Trinajstić information content (AvgIpc) is 3.94. The number of benzene rings is 1. The van der Waals surface area contributed by atoms with Crippen LogP contribution in [-0.2, 0) is 49.6 Å². The molecule has 2 fully saturated rings. The van der Waals surface area contributed by atoms with Crippen LogP contribution in [0, 0.1) is 18.8 Å². The number of anilines is 1. The smallest absolute Gasteiger partial charge is 0.335 e. The number of aromatic nitrogens is 1. The highest BCUT2D eigenvalue weighted by Crippen LogP contribution is 2.33. The van der Waals surface area contributed by atoms with Crippen molar-refractivity contribution in [3.8, 4) is 0 Å². The van der Waals surface area contributed by atoms with Crippen LogP contribution in [-0.4, -0.2) is 97.0 Å². The zero-order valence-electron chi connectivity index (χ0n) is 35.6. The van der Waals surface area contributed by atoms with Gasteiger partial charge >= 0.3 is 5.97 Å². The number of nitrogens with one attached hydrogen (secondary N) is 2. The number of rotatable bonds is 26. The van der Waals surface area contributed by atoms with E-state index >= 15 is 0 Å². The van der Waals surface area contributed by atoms with E-state index in [0.717, 1.165) is 79.3 Å². The fraction of sp³-hybridized carbons (Fsp3) is 0.578. The van der Waals surface area contributed by atoms with Crippen molar-refractivity contribution in [2.45, 2.75) is 110 Å². The number of amides is 5. The Kier molecular flexibility index (Phi) is 18.9. The largest absolute Gasteiger partial charge is 0.378 e. The number of hydrogen-bond acceptors (Lipinski definition) is 11. The van der Waals surface area contributed by atoms with E-state index in [1.807, 2.05) is 60.2 Å². The normalized spacial score (nSPS) is 16.5. The van der Waals surface area contributed by atoms with E-state index in [2.05, 4.69) is 10.6 Å². The van der Waals surface area contributed by atoms with Gasteiger partial charge in [-0.3, -0.25) is 28.8 Å². The molecule has 16 heteroatoms. The molecule has 0 unspecified atom stereocenters. The topological polar surface area (TPSA) is 183 Å². The zero-order chi connectivity index (χ0) is 43.6. The van der Waals surface area contributed by atoms with Gasteiger partial charge in [-0.05, 0) is 93.5 Å². The molecule has 5 amide bonds. The number of hydrogen-bond donors (Lipinski definition) is 2. The first kappa shape index (κ1) is 47.1. The summed E-state index contributed by atoms with van der Waals surface area (Å²) in [6.07, 6.45) is 8.56. The number of thiophene rings is 1. The number of nitrogens with zero attached hydrogens (tertiary/aromatic N) is 3. The summed E-state index contributed by atoms with van der Waals surface area (Å²) in [5.74, 6) is -1.55. The van der Waals surface area contributed by atoms with Gasteiger partial charge in [0.1, 0.15) is 6.54 Å². The SMILES string of the molecule is CCN(C(=O)Cn1c(C(=O)CC2CCC(C(=O)NCCCCCCCC(=O)NCCOCCOCCC(=O)ON3C(=O)CCC3=O)CC2)cc2sccc21)c1cccc(C)c1. The van der Waals surface area contributed by atoms with E-state index in [4.69, 9.17) is 14.3 Å². The van der Waals surface area contributed by atoms with Gasteiger partial charge in [0.2, 0.25) is 17.7 Å². The standard InChI is InChI=1S/C45H61N5O10S/c1-3-48(35-11-9-10-32(2)28-35)43(55)31-49-36-20-27-61-39(36)30-37(49)38(51)29-33-13-15-34(16-14-33)45(57)47-21-8-6-4-5-7-12-40(52)46-22-24-59-26-25-58-23-19-44(56)60-50-41(53)17-18-42(50)54/h9-11,20,27-28,30,33-34H,3-8,12-19,21-26,29,31H2,1-2H3,(H,46,52)(H,47,57). The Labute approximate surface area is 361 Å². The molecule has 0 spiro atoms. The molecule has 2 aromatic heterocycles. The average molecular weight is 864 g/mol. The minimum Gasteiger partial charge on any atom is -0.378 e. The Hall–Kier alpha value is -4.93. The molecule has 3 heterocycles. The summed E-state index contributed by atoms with van der Waals surface area (Å²) in [5.41, 5.74) is 3.42. The molecule has 1 aromatic carbocycles. The van der Waals surface area contributed by atoms with Gasteiger partial charge in [0, 0.05) is 56.9 Å². The molecule has 332 valence electrons. The van der Waals surface area contributed by atoms with Crippen LogP contribution < -0.4 is 15.5 Å². The summed E-state index contributed by atoms with van der Waals surface area (Å²) in [7, 11) is 0. The van der Waals surface area contributed by atoms with E-state index in [1.165, 1.54) is 0 Å². The maximum atomic E-state index is 13.7. The van der Waals surface area contributed by atoms with Crippen molar-refractivity contribution in [3.05, 3.63) is 53.0 Å². The highest BCUT2D eigenvalue weighted by atomic mass is 32.1. The highest BCUT2D eigenvalue weighted by Gasteiger charge is 2.33. The maximum Gasteiger partial charge on any atom is 0.335 e. The number of aryl methyl sites for hydroxylation is 1. The molecule has 1 aliphatic heterocycles. The van der Waals surface area contributed by atoms with Gasteiger partial charge in [-0.2, -0.15) is 0 Å². The Bertz CT molecular complexity index is 1950. The summed E-state index contributed by atoms with van der Waals surface area (Å²) in [5, 5.41) is 8.44. The van der Waals surface area contributed by atoms with Gasteiger partial charge in [-0.1, -0.05) is 31.4 Å². The Morgan fingerprint density at radius 1 is 0.820 bits per heavy atom. The summed E-state index contributed by atoms with van der Waals surface area (Å²) in [6, 6.07) is 11.8. The summed E-state index contributed by atoms with van der Waals surface area (Å²) in [6.45, 7) is 6.52. The summed E-state index contributed by atoms with van der Waals surface area (Å²) >= 11 is 1.57. The van der Waals surface area contributed by atoms with Gasteiger partial charge in [-0.15, -0.1) is 16.4 Å². The molecule has 5 rings (SSSR count). The molecule has 2 N–H and O–H groups in total. The first-order chi connectivity index (χ1) is 29.5. The van der Waals surface area contributed by atoms with Crippen LogP contribution in [0.5, 0.6) is 0 Å². The van der Waals surface area contributed by atoms with Crippen molar-refractivity contribution in [2.75, 3.05) is 51.0 Å². The van der Waals surface area contributed by atoms with E-state index in [0.29, 0.717) is 49.8 Å². The molecule has 0 bridgehead atoms. The summed E-state index contributed by atoms with van der Waals surface area (Å²) in [4.78, 5) is 93.6. The van der Waals surface area contributed by atoms with Gasteiger partial charge in [0.05, 0.1) is 48.8 Å². The molecule has 61 heavy (non-hydrogen) atoms. The predicted octanol–water partition coefficient (Wildman–Crippen LogP) is 6.05. The zero-order valence-corrected chi connectivity index (χ0v) is 36.4. The van der Waals surface area contributed by atoms with Crippen LogP contribution in [0.3, 0.4) is 0 Å². The predicted molar refractivity (Wildman–Crippen MR) is 231 cm³/mol. The minimum absolute atomic E-state index is 0.0290. The third kappa shape index (κ3) is 14.6. The van der Waals surface area contributed by atoms with Crippen molar-refractivity contribution < 1.29 is 47.9 Å². The Balaban J connectivity index is 0.862. The maximum absolute atomic E-state index is 13.7. The van der Waals surface area contributed by atoms with Gasteiger partial charge < -0.3 is 34.4 Å². The number of imide groups is 1. The fourth-order valence-electron chi connectivity index (χ4n) is 7.82. The lowest BCUT2D eigenvalue weighted by Crippen LogP contribution is -2.35. The van der Waals surface area contributed by atoms with Crippen LogP contribution in [0.2, 0.25) is 0 Å². The van der Waals surface area contributed by atoms with Crippen molar-refractivity contribution in [2.24, 2.45) is 11.8 Å². The van der Waals surface area contributed by atoms with Crippen LogP contribution in [0.25, 0.3) is 10.2 Å². The molecule has 1 saturated heterocycles. The van der Waals surface area contributed by atoms with E-state index < -0.39 is 17.8 Å². The third-order valence-corrected chi connectivity index (χ3v) is 12.0. The van der Waals surface area contributed by atoms with Gasteiger partial charge in [-0.25, -0.2) is 4.79 Å². The number of ketones is 1. The second-order valence-corrected chi connectivity index (χ2v) is 16.7. The molecule has 1 saturated carbocycles. The second kappa shape index (κ2) is 24.5. The fourth-order valence-corrected chi connectivity index (χ4v) is 8.65. The lowest BCUT2D eigenvalue weighted by atomic mass is 9.79. The molecule has 3 aromatic rings. The Morgan fingerprint density at radius 2 is 1.54 bits per heavy atom. The lowest BCUT2D eigenvalue weighted by molar-refractivity contribution is -0.198. The molecule has 2 aliphatic rings. The number of fused-ring (bicyclic) bond motifs is 1. The van der Waals surface area contributed by atoms with Crippen LogP contribution >= 0.6 is 11.3 Å². The minimum atomic E-state index is -0.719. The molecular formula is C45H61N5O10S. The molecule has 0 radical (unpaired) electrons. The van der Waals surface area contributed by atoms with E-state index in [-0.39, 0.29) is 81.0 Å². The molecule has 15 nitrogen and oxygen atoms in total. The number of carbonyl (C=O) groups excluding carboxylic acids is 7.